The van der Waals surface area contributed by atoms with Gasteiger partial charge in [0.05, 0.1) is 10.6 Å². The van der Waals surface area contributed by atoms with Crippen LogP contribution in [0.5, 0.6) is 0 Å². The van der Waals surface area contributed by atoms with E-state index in [4.69, 9.17) is 0 Å². The van der Waals surface area contributed by atoms with E-state index in [0.717, 1.165) is 6.54 Å². The summed E-state index contributed by atoms with van der Waals surface area (Å²) in [6.45, 7) is 2.64. The Labute approximate surface area is 110 Å². The van der Waals surface area contributed by atoms with Crippen molar-refractivity contribution in [3.63, 3.8) is 0 Å². The molecule has 0 unspecified atom stereocenters. The molecule has 1 N–H and O–H groups in total. The molecule has 0 heterocycles. The van der Waals surface area contributed by atoms with Crippen molar-refractivity contribution in [1.82, 2.24) is 5.32 Å². The third kappa shape index (κ3) is 2.31. The first-order valence-electron chi connectivity index (χ1n) is 6.52. The van der Waals surface area contributed by atoms with Crippen molar-refractivity contribution < 1.29 is 8.42 Å². The lowest BCUT2D eigenvalue weighted by atomic mass is 9.64. The second-order valence-electron chi connectivity index (χ2n) is 5.09. The molecule has 1 fully saturated rings. The second-order valence-corrected chi connectivity index (χ2v) is 7.37. The van der Waals surface area contributed by atoms with Crippen molar-refractivity contribution in [3.05, 3.63) is 29.8 Å². The molecule has 0 radical (unpaired) electrons. The van der Waals surface area contributed by atoms with Gasteiger partial charge in [0.25, 0.3) is 0 Å². The van der Waals surface area contributed by atoms with Crippen LogP contribution >= 0.6 is 0 Å². The Hall–Kier alpha value is -0.870. The van der Waals surface area contributed by atoms with Gasteiger partial charge in [0, 0.05) is 12.0 Å². The SMILES string of the molecule is CCS(=O)(=O)c1ccc(C2(CNC)CCC2)cc1. The largest absolute Gasteiger partial charge is 0.319 e. The molecular weight excluding hydrogens is 246 g/mol. The van der Waals surface area contributed by atoms with Crippen LogP contribution in [-0.4, -0.2) is 27.8 Å². The van der Waals surface area contributed by atoms with E-state index >= 15 is 0 Å². The zero-order valence-electron chi connectivity index (χ0n) is 11.1. The molecule has 1 aliphatic carbocycles. The lowest BCUT2D eigenvalue weighted by Crippen LogP contribution is -2.42. The van der Waals surface area contributed by atoms with E-state index in [1.54, 1.807) is 19.1 Å². The van der Waals surface area contributed by atoms with Crippen LogP contribution in [0.25, 0.3) is 0 Å². The number of nitrogens with one attached hydrogen (secondary N) is 1. The molecule has 4 heteroatoms. The van der Waals surface area contributed by atoms with E-state index in [2.05, 4.69) is 5.32 Å². The first kappa shape index (κ1) is 13.6. The molecular formula is C14H21NO2S. The molecule has 1 aliphatic rings. The quantitative estimate of drug-likeness (QED) is 0.889. The van der Waals surface area contributed by atoms with Gasteiger partial charge in [-0.2, -0.15) is 0 Å². The Morgan fingerprint density at radius 1 is 1.22 bits per heavy atom. The third-order valence-electron chi connectivity index (χ3n) is 4.03. The summed E-state index contributed by atoms with van der Waals surface area (Å²) in [6, 6.07) is 7.48. The highest BCUT2D eigenvalue weighted by atomic mass is 32.2. The fourth-order valence-electron chi connectivity index (χ4n) is 2.69. The van der Waals surface area contributed by atoms with Crippen LogP contribution in [0.4, 0.5) is 0 Å². The number of benzene rings is 1. The van der Waals surface area contributed by atoms with Crippen LogP contribution in [0.3, 0.4) is 0 Å². The number of hydrogen-bond donors (Lipinski definition) is 1. The topological polar surface area (TPSA) is 46.2 Å². The van der Waals surface area contributed by atoms with Gasteiger partial charge in [-0.05, 0) is 37.6 Å². The monoisotopic (exact) mass is 267 g/mol. The maximum Gasteiger partial charge on any atom is 0.178 e. The average Bonchev–Trinajstić information content (AvgIpc) is 2.34. The Kier molecular flexibility index (Phi) is 3.78. The number of sulfone groups is 1. The summed E-state index contributed by atoms with van der Waals surface area (Å²) in [7, 11) is -1.11. The first-order valence-corrected chi connectivity index (χ1v) is 8.17. The maximum absolute atomic E-state index is 11.8. The van der Waals surface area contributed by atoms with E-state index in [1.807, 2.05) is 19.2 Å². The van der Waals surface area contributed by atoms with Crippen molar-refractivity contribution in [3.8, 4) is 0 Å². The highest BCUT2D eigenvalue weighted by Crippen LogP contribution is 2.43. The standard InChI is InChI=1S/C14H21NO2S/c1-3-18(16,17)13-7-5-12(6-8-13)14(11-15-2)9-4-10-14/h5-8,15H,3-4,9-11H2,1-2H3. The predicted molar refractivity (Wildman–Crippen MR) is 73.6 cm³/mol. The normalized spacial score (nSPS) is 18.3. The van der Waals surface area contributed by atoms with Crippen LogP contribution in [-0.2, 0) is 15.3 Å². The van der Waals surface area contributed by atoms with Gasteiger partial charge in [-0.25, -0.2) is 8.42 Å². The summed E-state index contributed by atoms with van der Waals surface area (Å²) in [5.41, 5.74) is 1.49. The molecule has 0 spiro atoms. The number of rotatable bonds is 5. The molecule has 2 rings (SSSR count). The van der Waals surface area contributed by atoms with E-state index < -0.39 is 9.84 Å². The summed E-state index contributed by atoms with van der Waals surface area (Å²) in [5, 5.41) is 3.25. The Morgan fingerprint density at radius 3 is 2.22 bits per heavy atom. The van der Waals surface area contributed by atoms with Gasteiger partial charge in [0.2, 0.25) is 0 Å². The van der Waals surface area contributed by atoms with Gasteiger partial charge in [0.15, 0.2) is 9.84 Å². The van der Waals surface area contributed by atoms with Gasteiger partial charge < -0.3 is 5.32 Å². The lowest BCUT2D eigenvalue weighted by Gasteiger charge is -2.42. The zero-order chi connectivity index (χ0) is 13.2. The summed E-state index contributed by atoms with van der Waals surface area (Å²) in [6.07, 6.45) is 3.64. The van der Waals surface area contributed by atoms with Gasteiger partial charge >= 0.3 is 0 Å². The molecule has 0 saturated heterocycles. The third-order valence-corrected chi connectivity index (χ3v) is 5.78. The molecule has 0 aromatic heterocycles. The first-order chi connectivity index (χ1) is 8.54. The summed E-state index contributed by atoms with van der Waals surface area (Å²) >= 11 is 0. The summed E-state index contributed by atoms with van der Waals surface area (Å²) in [5.74, 6) is 0.161. The maximum atomic E-state index is 11.8. The minimum atomic E-state index is -3.08. The van der Waals surface area contributed by atoms with Crippen molar-refractivity contribution in [2.45, 2.75) is 36.5 Å². The summed E-state index contributed by atoms with van der Waals surface area (Å²) < 4.78 is 23.5. The molecule has 100 valence electrons. The fourth-order valence-corrected chi connectivity index (χ4v) is 3.58. The highest BCUT2D eigenvalue weighted by molar-refractivity contribution is 7.91. The molecule has 1 saturated carbocycles. The second kappa shape index (κ2) is 5.02. The Bertz CT molecular complexity index is 501. The highest BCUT2D eigenvalue weighted by Gasteiger charge is 2.37. The van der Waals surface area contributed by atoms with Crippen molar-refractivity contribution in [1.29, 1.82) is 0 Å². The Balaban J connectivity index is 2.27. The van der Waals surface area contributed by atoms with E-state index in [9.17, 15) is 8.42 Å². The lowest BCUT2D eigenvalue weighted by molar-refractivity contribution is 0.239. The van der Waals surface area contributed by atoms with Gasteiger partial charge in [0.1, 0.15) is 0 Å². The average molecular weight is 267 g/mol. The molecule has 0 atom stereocenters. The van der Waals surface area contributed by atoms with Crippen molar-refractivity contribution in [2.24, 2.45) is 0 Å². The number of hydrogen-bond acceptors (Lipinski definition) is 3. The van der Waals surface area contributed by atoms with Gasteiger partial charge in [-0.15, -0.1) is 0 Å². The van der Waals surface area contributed by atoms with E-state index in [1.165, 1.54) is 24.8 Å². The molecule has 0 aliphatic heterocycles. The Morgan fingerprint density at radius 2 is 1.83 bits per heavy atom. The minimum Gasteiger partial charge on any atom is -0.319 e. The van der Waals surface area contributed by atoms with E-state index in [0.29, 0.717) is 4.90 Å². The van der Waals surface area contributed by atoms with Crippen molar-refractivity contribution in [2.75, 3.05) is 19.3 Å². The van der Waals surface area contributed by atoms with Crippen molar-refractivity contribution >= 4 is 9.84 Å². The van der Waals surface area contributed by atoms with Crippen LogP contribution in [0.1, 0.15) is 31.7 Å². The molecule has 1 aromatic carbocycles. The number of likely N-dealkylation sites (N-methyl/N-ethyl adjacent to an activating group) is 1. The molecule has 1 aromatic rings. The molecule has 0 amide bonds. The molecule has 3 nitrogen and oxygen atoms in total. The van der Waals surface area contributed by atoms with Crippen LogP contribution in [0.2, 0.25) is 0 Å². The predicted octanol–water partition coefficient (Wildman–Crippen LogP) is 2.12. The van der Waals surface area contributed by atoms with Gasteiger partial charge in [-0.1, -0.05) is 25.5 Å². The van der Waals surface area contributed by atoms with Crippen LogP contribution < -0.4 is 5.32 Å². The zero-order valence-corrected chi connectivity index (χ0v) is 11.9. The molecule has 0 bridgehead atoms. The van der Waals surface area contributed by atoms with E-state index in [-0.39, 0.29) is 11.2 Å². The van der Waals surface area contributed by atoms with Gasteiger partial charge in [-0.3, -0.25) is 0 Å². The fraction of sp³-hybridized carbons (Fsp3) is 0.571. The summed E-state index contributed by atoms with van der Waals surface area (Å²) in [4.78, 5) is 0.438. The van der Waals surface area contributed by atoms with Crippen LogP contribution in [0, 0.1) is 0 Å². The molecule has 18 heavy (non-hydrogen) atoms. The van der Waals surface area contributed by atoms with Crippen LogP contribution in [0.15, 0.2) is 29.2 Å². The minimum absolute atomic E-state index is 0.161. The smallest absolute Gasteiger partial charge is 0.178 e.